The third-order valence-corrected chi connectivity index (χ3v) is 4.33. The highest BCUT2D eigenvalue weighted by Crippen LogP contribution is 2.20. The zero-order chi connectivity index (χ0) is 17.8. The molecule has 9 heteroatoms. The molecule has 1 N–H and O–H groups in total. The highest BCUT2D eigenvalue weighted by atomic mass is 32.1. The minimum Gasteiger partial charge on any atom is -0.349 e. The number of rotatable bonds is 5. The second kappa shape index (κ2) is 7.22. The number of hydrogen-bond acceptors (Lipinski definition) is 6. The minimum absolute atomic E-state index is 0.134. The Morgan fingerprint density at radius 1 is 1.12 bits per heavy atom. The van der Waals surface area contributed by atoms with E-state index in [4.69, 9.17) is 0 Å². The van der Waals surface area contributed by atoms with Crippen molar-refractivity contribution in [3.8, 4) is 10.6 Å². The van der Waals surface area contributed by atoms with E-state index >= 15 is 0 Å². The van der Waals surface area contributed by atoms with Gasteiger partial charge in [-0.15, -0.1) is 11.3 Å². The van der Waals surface area contributed by atoms with E-state index in [1.54, 1.807) is 6.07 Å². The standard InChI is InChI=1S/C16H15N5O3S/c1-20-14(22)6-5-12(18-20)16(24)17-8-9-21-15(23)7-4-11(19-21)13-3-2-10-25-13/h2-7,10H,8-9H2,1H3,(H,17,24). The minimum atomic E-state index is -0.418. The smallest absolute Gasteiger partial charge is 0.271 e. The Balaban J connectivity index is 1.66. The van der Waals surface area contributed by atoms with Gasteiger partial charge >= 0.3 is 0 Å². The maximum absolute atomic E-state index is 12.0. The second-order valence-corrected chi connectivity index (χ2v) is 6.14. The summed E-state index contributed by atoms with van der Waals surface area (Å²) in [6.45, 7) is 0.444. The lowest BCUT2D eigenvalue weighted by atomic mass is 10.3. The van der Waals surface area contributed by atoms with Gasteiger partial charge in [-0.2, -0.15) is 10.2 Å². The molecule has 3 heterocycles. The van der Waals surface area contributed by atoms with E-state index in [0.29, 0.717) is 5.69 Å². The molecule has 0 aliphatic heterocycles. The zero-order valence-electron chi connectivity index (χ0n) is 13.4. The van der Waals surface area contributed by atoms with Gasteiger partial charge in [0, 0.05) is 25.7 Å². The first-order valence-corrected chi connectivity index (χ1v) is 8.37. The van der Waals surface area contributed by atoms with Gasteiger partial charge in [0.1, 0.15) is 11.4 Å². The molecule has 0 fully saturated rings. The van der Waals surface area contributed by atoms with Crippen LogP contribution in [-0.4, -0.2) is 32.0 Å². The molecule has 3 aromatic rings. The van der Waals surface area contributed by atoms with E-state index in [2.05, 4.69) is 15.5 Å². The average molecular weight is 357 g/mol. The van der Waals surface area contributed by atoms with Crippen LogP contribution in [0, 0.1) is 0 Å². The average Bonchev–Trinajstić information content (AvgIpc) is 3.13. The van der Waals surface area contributed by atoms with Gasteiger partial charge in [-0.3, -0.25) is 14.4 Å². The lowest BCUT2D eigenvalue weighted by molar-refractivity contribution is 0.0944. The number of hydrogen-bond donors (Lipinski definition) is 1. The fraction of sp³-hybridized carbons (Fsp3) is 0.188. The summed E-state index contributed by atoms with van der Waals surface area (Å²) in [5.41, 5.74) is 0.308. The SMILES string of the molecule is Cn1nc(C(=O)NCCn2nc(-c3cccs3)ccc2=O)ccc1=O. The largest absolute Gasteiger partial charge is 0.349 e. The van der Waals surface area contributed by atoms with Gasteiger partial charge in [0.15, 0.2) is 0 Å². The van der Waals surface area contributed by atoms with Crippen LogP contribution >= 0.6 is 11.3 Å². The number of carbonyl (C=O) groups excluding carboxylic acids is 1. The van der Waals surface area contributed by atoms with Crippen LogP contribution in [0.15, 0.2) is 51.4 Å². The summed E-state index contributed by atoms with van der Waals surface area (Å²) >= 11 is 1.54. The van der Waals surface area contributed by atoms with E-state index in [1.165, 1.54) is 41.3 Å². The van der Waals surface area contributed by atoms with Crippen LogP contribution in [0.25, 0.3) is 10.6 Å². The molecule has 1 amide bonds. The van der Waals surface area contributed by atoms with Gasteiger partial charge in [-0.05, 0) is 23.6 Å². The van der Waals surface area contributed by atoms with Crippen molar-refractivity contribution in [2.75, 3.05) is 6.54 Å². The molecule has 0 bridgehead atoms. The summed E-state index contributed by atoms with van der Waals surface area (Å²) in [4.78, 5) is 36.2. The summed E-state index contributed by atoms with van der Waals surface area (Å²) in [5.74, 6) is -0.418. The molecular weight excluding hydrogens is 342 g/mol. The highest BCUT2D eigenvalue weighted by Gasteiger charge is 2.09. The molecule has 3 aromatic heterocycles. The molecule has 3 rings (SSSR count). The van der Waals surface area contributed by atoms with Crippen LogP contribution in [0.1, 0.15) is 10.5 Å². The van der Waals surface area contributed by atoms with Crippen LogP contribution in [0.2, 0.25) is 0 Å². The predicted octanol–water partition coefficient (Wildman–Crippen LogP) is 0.495. The Morgan fingerprint density at radius 3 is 2.64 bits per heavy atom. The quantitative estimate of drug-likeness (QED) is 0.717. The van der Waals surface area contributed by atoms with Gasteiger partial charge < -0.3 is 5.32 Å². The van der Waals surface area contributed by atoms with Crippen molar-refractivity contribution in [3.05, 3.63) is 68.2 Å². The lowest BCUT2D eigenvalue weighted by Gasteiger charge is -2.08. The third-order valence-electron chi connectivity index (χ3n) is 3.44. The first-order valence-electron chi connectivity index (χ1n) is 7.49. The molecule has 25 heavy (non-hydrogen) atoms. The first kappa shape index (κ1) is 16.8. The van der Waals surface area contributed by atoms with Crippen LogP contribution < -0.4 is 16.4 Å². The lowest BCUT2D eigenvalue weighted by Crippen LogP contribution is -2.33. The fourth-order valence-corrected chi connectivity index (χ4v) is 2.84. The number of aryl methyl sites for hydroxylation is 1. The maximum Gasteiger partial charge on any atom is 0.271 e. The number of amides is 1. The molecule has 0 spiro atoms. The molecule has 0 atom stereocenters. The Labute approximate surface area is 146 Å². The second-order valence-electron chi connectivity index (χ2n) is 5.19. The number of nitrogens with zero attached hydrogens (tertiary/aromatic N) is 4. The van der Waals surface area contributed by atoms with Crippen molar-refractivity contribution < 1.29 is 4.79 Å². The Kier molecular flexibility index (Phi) is 4.85. The van der Waals surface area contributed by atoms with E-state index in [-0.39, 0.29) is 29.9 Å². The Bertz CT molecular complexity index is 1010. The van der Waals surface area contributed by atoms with Crippen molar-refractivity contribution in [1.82, 2.24) is 24.9 Å². The molecule has 0 saturated carbocycles. The van der Waals surface area contributed by atoms with Gasteiger partial charge in [0.25, 0.3) is 17.0 Å². The molecular formula is C16H15N5O3S. The van der Waals surface area contributed by atoms with Crippen molar-refractivity contribution in [1.29, 1.82) is 0 Å². The molecule has 0 unspecified atom stereocenters. The van der Waals surface area contributed by atoms with E-state index < -0.39 is 5.91 Å². The molecule has 0 saturated heterocycles. The monoisotopic (exact) mass is 357 g/mol. The summed E-state index contributed by atoms with van der Waals surface area (Å²) < 4.78 is 2.40. The fourth-order valence-electron chi connectivity index (χ4n) is 2.15. The van der Waals surface area contributed by atoms with E-state index in [1.807, 2.05) is 17.5 Å². The molecule has 0 aromatic carbocycles. The Hall–Kier alpha value is -3.07. The predicted molar refractivity (Wildman–Crippen MR) is 93.6 cm³/mol. The molecule has 0 radical (unpaired) electrons. The number of aromatic nitrogens is 4. The highest BCUT2D eigenvalue weighted by molar-refractivity contribution is 7.13. The van der Waals surface area contributed by atoms with Crippen LogP contribution in [0.3, 0.4) is 0 Å². The van der Waals surface area contributed by atoms with Crippen molar-refractivity contribution in [3.63, 3.8) is 0 Å². The van der Waals surface area contributed by atoms with Crippen molar-refractivity contribution in [2.45, 2.75) is 6.54 Å². The number of nitrogens with one attached hydrogen (secondary N) is 1. The summed E-state index contributed by atoms with van der Waals surface area (Å²) in [5, 5.41) is 12.8. The Morgan fingerprint density at radius 2 is 1.92 bits per heavy atom. The van der Waals surface area contributed by atoms with Gasteiger partial charge in [0.2, 0.25) is 0 Å². The van der Waals surface area contributed by atoms with Crippen LogP contribution in [0.4, 0.5) is 0 Å². The summed E-state index contributed by atoms with van der Waals surface area (Å²) in [7, 11) is 1.47. The summed E-state index contributed by atoms with van der Waals surface area (Å²) in [6.07, 6.45) is 0. The third kappa shape index (κ3) is 3.89. The van der Waals surface area contributed by atoms with Gasteiger partial charge in [-0.25, -0.2) is 9.36 Å². The zero-order valence-corrected chi connectivity index (χ0v) is 14.2. The van der Waals surface area contributed by atoms with E-state index in [9.17, 15) is 14.4 Å². The number of carbonyl (C=O) groups is 1. The maximum atomic E-state index is 12.0. The summed E-state index contributed by atoms with van der Waals surface area (Å²) in [6, 6.07) is 9.61. The first-order chi connectivity index (χ1) is 12.0. The van der Waals surface area contributed by atoms with Crippen molar-refractivity contribution in [2.24, 2.45) is 7.05 Å². The van der Waals surface area contributed by atoms with Crippen LogP contribution in [0.5, 0.6) is 0 Å². The normalized spacial score (nSPS) is 10.6. The van der Waals surface area contributed by atoms with Crippen LogP contribution in [-0.2, 0) is 13.6 Å². The van der Waals surface area contributed by atoms with Gasteiger partial charge in [-0.1, -0.05) is 6.07 Å². The van der Waals surface area contributed by atoms with E-state index in [0.717, 1.165) is 9.56 Å². The topological polar surface area (TPSA) is 98.9 Å². The van der Waals surface area contributed by atoms with Gasteiger partial charge in [0.05, 0.1) is 11.4 Å². The molecule has 128 valence electrons. The molecule has 0 aliphatic carbocycles. The number of thiophene rings is 1. The van der Waals surface area contributed by atoms with Crippen molar-refractivity contribution >= 4 is 17.2 Å². The molecule has 8 nitrogen and oxygen atoms in total. The molecule has 0 aliphatic rings.